The Morgan fingerprint density at radius 3 is 2.97 bits per heavy atom. The molecule has 0 saturated carbocycles. The molecule has 0 aliphatic carbocycles. The summed E-state index contributed by atoms with van der Waals surface area (Å²) in [5, 5.41) is 7.50. The highest BCUT2D eigenvalue weighted by atomic mass is 16.1. The Bertz CT molecular complexity index is 1030. The van der Waals surface area contributed by atoms with Crippen LogP contribution in [0.5, 0.6) is 0 Å². The molecule has 1 unspecified atom stereocenters. The van der Waals surface area contributed by atoms with E-state index < -0.39 is 0 Å². The quantitative estimate of drug-likeness (QED) is 0.719. The van der Waals surface area contributed by atoms with E-state index in [0.717, 1.165) is 60.6 Å². The molecule has 1 aliphatic heterocycles. The molecule has 7 heteroatoms. The van der Waals surface area contributed by atoms with Crippen molar-refractivity contribution in [2.45, 2.75) is 46.5 Å². The molecule has 4 rings (SSSR count). The molecule has 1 aromatic carbocycles. The van der Waals surface area contributed by atoms with Gasteiger partial charge in [-0.3, -0.25) is 4.79 Å². The molecule has 3 aromatic rings. The van der Waals surface area contributed by atoms with E-state index in [-0.39, 0.29) is 11.8 Å². The number of nitrogens with zero attached hydrogens (tertiary/aromatic N) is 5. The van der Waals surface area contributed by atoms with Gasteiger partial charge < -0.3 is 10.2 Å². The zero-order valence-corrected chi connectivity index (χ0v) is 17.4. The number of amides is 1. The fraction of sp³-hybridized carbons (Fsp3) is 0.455. The minimum Gasteiger partial charge on any atom is -0.356 e. The maximum atomic E-state index is 13.0. The van der Waals surface area contributed by atoms with Crippen molar-refractivity contribution < 1.29 is 4.79 Å². The van der Waals surface area contributed by atoms with E-state index in [9.17, 15) is 4.79 Å². The number of benzene rings is 1. The van der Waals surface area contributed by atoms with Gasteiger partial charge in [0, 0.05) is 30.5 Å². The van der Waals surface area contributed by atoms with Gasteiger partial charge in [-0.25, -0.2) is 4.98 Å². The van der Waals surface area contributed by atoms with E-state index in [1.54, 1.807) is 4.52 Å². The van der Waals surface area contributed by atoms with Gasteiger partial charge in [0.2, 0.25) is 5.91 Å². The van der Waals surface area contributed by atoms with Crippen LogP contribution in [0, 0.1) is 19.8 Å². The van der Waals surface area contributed by atoms with Crippen molar-refractivity contribution in [2.24, 2.45) is 5.92 Å². The Morgan fingerprint density at radius 2 is 2.14 bits per heavy atom. The summed E-state index contributed by atoms with van der Waals surface area (Å²) in [6.45, 7) is 7.77. The van der Waals surface area contributed by atoms with Crippen LogP contribution < -0.4 is 10.2 Å². The summed E-state index contributed by atoms with van der Waals surface area (Å²) in [7, 11) is 0. The third-order valence-electron chi connectivity index (χ3n) is 5.56. The van der Waals surface area contributed by atoms with Gasteiger partial charge in [-0.15, -0.1) is 0 Å². The van der Waals surface area contributed by atoms with E-state index in [0.29, 0.717) is 12.3 Å². The van der Waals surface area contributed by atoms with E-state index in [2.05, 4.69) is 44.3 Å². The van der Waals surface area contributed by atoms with E-state index in [1.807, 2.05) is 26.0 Å². The number of carbonyl (C=O) groups is 1. The average molecular weight is 393 g/mol. The number of nitrogens with one attached hydrogen (secondary N) is 1. The SMILES string of the molecule is CCCc1cc(N2CCCC(C(=O)Nc3cc(C)ccc3C)C2)n2ncnc2n1. The van der Waals surface area contributed by atoms with Gasteiger partial charge in [0.1, 0.15) is 12.1 Å². The van der Waals surface area contributed by atoms with Crippen molar-refractivity contribution in [3.63, 3.8) is 0 Å². The van der Waals surface area contributed by atoms with Crippen molar-refractivity contribution >= 4 is 23.2 Å². The second-order valence-corrected chi connectivity index (χ2v) is 7.92. The largest absolute Gasteiger partial charge is 0.356 e. The maximum Gasteiger partial charge on any atom is 0.254 e. The molecule has 1 fully saturated rings. The van der Waals surface area contributed by atoms with Crippen LogP contribution in [0.15, 0.2) is 30.6 Å². The number of aromatic nitrogens is 4. The molecular formula is C22H28N6O. The zero-order valence-electron chi connectivity index (χ0n) is 17.4. The van der Waals surface area contributed by atoms with Crippen molar-refractivity contribution in [1.82, 2.24) is 19.6 Å². The predicted molar refractivity (Wildman–Crippen MR) is 114 cm³/mol. The summed E-state index contributed by atoms with van der Waals surface area (Å²) in [6.07, 6.45) is 5.32. The highest BCUT2D eigenvalue weighted by Crippen LogP contribution is 2.26. The van der Waals surface area contributed by atoms with E-state index in [1.165, 1.54) is 6.33 Å². The van der Waals surface area contributed by atoms with Crippen molar-refractivity contribution in [1.29, 1.82) is 0 Å². The summed E-state index contributed by atoms with van der Waals surface area (Å²) in [5.41, 5.74) is 4.15. The fourth-order valence-corrected chi connectivity index (χ4v) is 3.96. The third-order valence-corrected chi connectivity index (χ3v) is 5.56. The summed E-state index contributed by atoms with van der Waals surface area (Å²) in [4.78, 5) is 24.1. The highest BCUT2D eigenvalue weighted by molar-refractivity contribution is 5.93. The molecule has 1 aliphatic rings. The second kappa shape index (κ2) is 8.19. The van der Waals surface area contributed by atoms with Crippen LogP contribution in [0.25, 0.3) is 5.78 Å². The van der Waals surface area contributed by atoms with Crippen molar-refractivity contribution in [2.75, 3.05) is 23.3 Å². The van der Waals surface area contributed by atoms with Gasteiger partial charge in [-0.05, 0) is 50.3 Å². The summed E-state index contributed by atoms with van der Waals surface area (Å²) < 4.78 is 1.78. The van der Waals surface area contributed by atoms with Crippen molar-refractivity contribution in [3.8, 4) is 0 Å². The average Bonchev–Trinajstić information content (AvgIpc) is 3.19. The molecule has 29 heavy (non-hydrogen) atoms. The van der Waals surface area contributed by atoms with Crippen LogP contribution in [0.4, 0.5) is 11.5 Å². The molecule has 7 nitrogen and oxygen atoms in total. The molecule has 0 radical (unpaired) electrons. The number of anilines is 2. The topological polar surface area (TPSA) is 75.4 Å². The molecule has 152 valence electrons. The Morgan fingerprint density at radius 1 is 1.28 bits per heavy atom. The lowest BCUT2D eigenvalue weighted by Gasteiger charge is -2.33. The smallest absolute Gasteiger partial charge is 0.254 e. The lowest BCUT2D eigenvalue weighted by atomic mass is 9.96. The Hall–Kier alpha value is -2.96. The molecule has 1 N–H and O–H groups in total. The number of rotatable bonds is 5. The monoisotopic (exact) mass is 392 g/mol. The fourth-order valence-electron chi connectivity index (χ4n) is 3.96. The first-order chi connectivity index (χ1) is 14.0. The van der Waals surface area contributed by atoms with Gasteiger partial charge >= 0.3 is 0 Å². The van der Waals surface area contributed by atoms with Crippen molar-refractivity contribution in [3.05, 3.63) is 47.4 Å². The van der Waals surface area contributed by atoms with Crippen LogP contribution in [0.1, 0.15) is 43.0 Å². The lowest BCUT2D eigenvalue weighted by molar-refractivity contribution is -0.120. The number of fused-ring (bicyclic) bond motifs is 1. The van der Waals surface area contributed by atoms with Crippen LogP contribution in [0.2, 0.25) is 0 Å². The normalized spacial score (nSPS) is 16.9. The molecule has 0 bridgehead atoms. The zero-order chi connectivity index (χ0) is 20.4. The van der Waals surface area contributed by atoms with E-state index >= 15 is 0 Å². The lowest BCUT2D eigenvalue weighted by Crippen LogP contribution is -2.41. The van der Waals surface area contributed by atoms with Gasteiger partial charge in [-0.2, -0.15) is 14.6 Å². The van der Waals surface area contributed by atoms with E-state index in [4.69, 9.17) is 0 Å². The first-order valence-electron chi connectivity index (χ1n) is 10.4. The van der Waals surface area contributed by atoms with Crippen LogP contribution in [-0.2, 0) is 11.2 Å². The number of aryl methyl sites for hydroxylation is 3. The summed E-state index contributed by atoms with van der Waals surface area (Å²) >= 11 is 0. The molecule has 1 saturated heterocycles. The second-order valence-electron chi connectivity index (χ2n) is 7.92. The number of hydrogen-bond acceptors (Lipinski definition) is 5. The highest BCUT2D eigenvalue weighted by Gasteiger charge is 2.28. The Kier molecular flexibility index (Phi) is 5.47. The van der Waals surface area contributed by atoms with Crippen LogP contribution in [-0.4, -0.2) is 38.6 Å². The van der Waals surface area contributed by atoms with Gasteiger partial charge in [0.25, 0.3) is 5.78 Å². The molecule has 2 aromatic heterocycles. The van der Waals surface area contributed by atoms with Gasteiger partial charge in [-0.1, -0.05) is 25.5 Å². The molecular weight excluding hydrogens is 364 g/mol. The molecule has 0 spiro atoms. The van der Waals surface area contributed by atoms with Crippen LogP contribution in [0.3, 0.4) is 0 Å². The van der Waals surface area contributed by atoms with Crippen LogP contribution >= 0.6 is 0 Å². The van der Waals surface area contributed by atoms with Gasteiger partial charge in [0.05, 0.1) is 5.92 Å². The number of carbonyl (C=O) groups excluding carboxylic acids is 1. The first kappa shape index (κ1) is 19.4. The maximum absolute atomic E-state index is 13.0. The standard InChI is InChI=1S/C22H28N6O/c1-4-6-18-12-20(28-22(25-18)23-14-24-28)27-10-5-7-17(13-27)21(29)26-19-11-15(2)8-9-16(19)3/h8-9,11-12,14,17H,4-7,10,13H2,1-3H3,(H,26,29). The minimum absolute atomic E-state index is 0.0648. The summed E-state index contributed by atoms with van der Waals surface area (Å²) in [5.74, 6) is 1.61. The number of hydrogen-bond donors (Lipinski definition) is 1. The number of piperidine rings is 1. The van der Waals surface area contributed by atoms with Gasteiger partial charge in [0.15, 0.2) is 0 Å². The molecule has 1 atom stereocenters. The summed E-state index contributed by atoms with van der Waals surface area (Å²) in [6, 6.07) is 8.24. The first-order valence-corrected chi connectivity index (χ1v) is 10.4. The third kappa shape index (κ3) is 4.09. The Labute approximate surface area is 171 Å². The Balaban J connectivity index is 1.55. The molecule has 1 amide bonds. The predicted octanol–water partition coefficient (Wildman–Crippen LogP) is 3.55. The molecule has 3 heterocycles. The minimum atomic E-state index is -0.0648.